The Morgan fingerprint density at radius 2 is 0.365 bits per heavy atom. The topological polar surface area (TPSA) is 0 Å². The van der Waals surface area contributed by atoms with Gasteiger partial charge in [-0.2, -0.15) is 0 Å². The van der Waals surface area contributed by atoms with Crippen LogP contribution in [-0.2, 0) is 40.6 Å². The summed E-state index contributed by atoms with van der Waals surface area (Å²) in [5, 5.41) is 6.59. The van der Waals surface area contributed by atoms with Crippen LogP contribution in [0.1, 0.15) is 22.3 Å². The zero-order chi connectivity index (χ0) is 52.0. The van der Waals surface area contributed by atoms with Crippen LogP contribution in [0.3, 0.4) is 0 Å². The van der Waals surface area contributed by atoms with Crippen molar-refractivity contribution >= 4 is 85.1 Å². The fraction of sp³-hybridized carbons (Fsp3) is 0.0303. The Labute approximate surface area is 472 Å². The van der Waals surface area contributed by atoms with Gasteiger partial charge >= 0.3 is 69.1 Å². The quantitative estimate of drug-likeness (QED) is 0.0578. The van der Waals surface area contributed by atoms with E-state index in [2.05, 4.69) is 303 Å². The summed E-state index contributed by atoms with van der Waals surface area (Å²) < 4.78 is 0. The second-order valence-electron chi connectivity index (χ2n) is 16.8. The van der Waals surface area contributed by atoms with E-state index in [1.165, 1.54) is 54.1 Å². The Hall–Kier alpha value is -5.05. The molecule has 0 saturated heterocycles. The van der Waals surface area contributed by atoms with Crippen LogP contribution in [0.4, 0.5) is 0 Å². The SMILES string of the molecule is [CH-]=CC(c1ccccc1)(c1ccccc1)[P+](c1ccccc1)(c1ccccc1)c1ccccc1.[CH-]=CC(c1ccccc1)(c1ccccc1)[P+](c1ccccc1)(c1ccccc1)c1ccccc1.[Cl][Ru][Cl].[Cl][Ru][Cl]. The first kappa shape index (κ1) is 56.7. The van der Waals surface area contributed by atoms with Gasteiger partial charge in [-0.1, -0.05) is 231 Å². The summed E-state index contributed by atoms with van der Waals surface area (Å²) >= 11 is -0.691. The second kappa shape index (κ2) is 28.7. The molecule has 0 amide bonds. The third kappa shape index (κ3) is 11.5. The number of benzene rings is 10. The Morgan fingerprint density at radius 1 is 0.243 bits per heavy atom. The van der Waals surface area contributed by atoms with Crippen molar-refractivity contribution in [1.82, 2.24) is 0 Å². The zero-order valence-corrected chi connectivity index (χ0v) is 48.6. The molecule has 0 aliphatic heterocycles. The molecule has 10 aromatic carbocycles. The van der Waals surface area contributed by atoms with Crippen LogP contribution in [0.2, 0.25) is 0 Å². The van der Waals surface area contributed by atoms with E-state index in [0.29, 0.717) is 0 Å². The molecule has 0 fully saturated rings. The average Bonchev–Trinajstić information content (AvgIpc) is 3.49. The molecule has 10 rings (SSSR count). The van der Waals surface area contributed by atoms with E-state index < -0.39 is 24.8 Å². The number of halogens is 4. The van der Waals surface area contributed by atoms with Gasteiger partial charge in [0.15, 0.2) is 0 Å². The molecule has 0 aliphatic carbocycles. The van der Waals surface area contributed by atoms with Crippen molar-refractivity contribution in [2.45, 2.75) is 10.3 Å². The van der Waals surface area contributed by atoms with Crippen molar-refractivity contribution < 1.29 is 30.3 Å². The van der Waals surface area contributed by atoms with Gasteiger partial charge in [0.2, 0.25) is 0 Å². The standard InChI is InChI=1S/2C33H27P.4ClH.2Ru/c2*1-2-33(28-18-8-3-9-19-28,29-20-10-4-11-21-29)34(30-22-12-5-13-23-30,31-24-14-6-15-25-31)32-26-16-7-17-27-32;;;;;;/h2*1-27H;4*1H;;/q;;;;;;2*+2/p-4. The van der Waals surface area contributed by atoms with E-state index in [1.54, 1.807) is 0 Å². The Kier molecular flexibility index (Phi) is 22.0. The van der Waals surface area contributed by atoms with Crippen LogP contribution in [0.5, 0.6) is 0 Å². The third-order valence-electron chi connectivity index (χ3n) is 13.3. The minimum absolute atomic E-state index is 0.346. The first-order chi connectivity index (χ1) is 36.5. The van der Waals surface area contributed by atoms with Gasteiger partial charge in [0, 0.05) is 22.3 Å². The number of rotatable bonds is 14. The van der Waals surface area contributed by atoms with Crippen molar-refractivity contribution in [3.63, 3.8) is 0 Å². The first-order valence-corrected chi connectivity index (χ1v) is 36.2. The van der Waals surface area contributed by atoms with Crippen molar-refractivity contribution in [3.05, 3.63) is 351 Å². The molecule has 372 valence electrons. The average molecular weight is 1250 g/mol. The molecule has 0 aromatic heterocycles. The molecule has 0 bridgehead atoms. The van der Waals surface area contributed by atoms with Crippen molar-refractivity contribution in [3.8, 4) is 0 Å². The fourth-order valence-corrected chi connectivity index (χ4v) is 21.1. The van der Waals surface area contributed by atoms with Crippen LogP contribution < -0.4 is 31.8 Å². The van der Waals surface area contributed by atoms with Gasteiger partial charge in [-0.15, -0.1) is 0 Å². The van der Waals surface area contributed by atoms with Gasteiger partial charge in [0.1, 0.15) is 56.7 Å². The molecular weight excluding hydrogens is 1200 g/mol. The molecule has 0 aliphatic rings. The predicted octanol–water partition coefficient (Wildman–Crippen LogP) is 16.6. The Morgan fingerprint density at radius 3 is 0.486 bits per heavy atom. The zero-order valence-electron chi connectivity index (χ0n) is 40.3. The molecule has 10 aromatic rings. The number of hydrogen-bond acceptors (Lipinski definition) is 0. The molecule has 0 spiro atoms. The van der Waals surface area contributed by atoms with Crippen LogP contribution in [0.25, 0.3) is 0 Å². The molecule has 0 heterocycles. The molecule has 0 nitrogen and oxygen atoms in total. The monoisotopic (exact) mass is 1250 g/mol. The number of allylic oxidation sites excluding steroid dienone is 2. The summed E-state index contributed by atoms with van der Waals surface area (Å²) in [4.78, 5) is 0. The summed E-state index contributed by atoms with van der Waals surface area (Å²) in [5.41, 5.74) is 4.75. The van der Waals surface area contributed by atoms with Crippen LogP contribution >= 0.6 is 53.3 Å². The van der Waals surface area contributed by atoms with Crippen LogP contribution in [-0.4, -0.2) is 0 Å². The van der Waals surface area contributed by atoms with E-state index in [-0.39, 0.29) is 30.3 Å². The molecule has 0 radical (unpaired) electrons. The van der Waals surface area contributed by atoms with E-state index >= 15 is 0 Å². The second-order valence-corrected chi connectivity index (χ2v) is 29.3. The third-order valence-corrected chi connectivity index (χ3v) is 23.1. The Balaban J connectivity index is 0.000000196. The van der Waals surface area contributed by atoms with E-state index in [4.69, 9.17) is 51.9 Å². The van der Waals surface area contributed by atoms with Gasteiger partial charge in [-0.3, -0.25) is 0 Å². The van der Waals surface area contributed by atoms with Gasteiger partial charge in [0.25, 0.3) is 0 Å². The molecule has 0 atom stereocenters. The molecule has 0 unspecified atom stereocenters. The van der Waals surface area contributed by atoms with Gasteiger partial charge in [-0.05, 0) is 72.8 Å². The van der Waals surface area contributed by atoms with Crippen LogP contribution in [0.15, 0.2) is 315 Å². The van der Waals surface area contributed by atoms with E-state index in [9.17, 15) is 0 Å². The molecule has 0 N–H and O–H groups in total. The Bertz CT molecular complexity index is 2670. The maximum absolute atomic E-state index is 6.87. The van der Waals surface area contributed by atoms with Gasteiger partial charge < -0.3 is 13.2 Å². The van der Waals surface area contributed by atoms with Gasteiger partial charge in [-0.25, -0.2) is 12.2 Å². The summed E-state index contributed by atoms with van der Waals surface area (Å²) in [5.74, 6) is 0. The molecule has 8 heteroatoms. The maximum atomic E-state index is 6.87. The van der Waals surface area contributed by atoms with Gasteiger partial charge in [0.05, 0.1) is 0 Å². The predicted molar refractivity (Wildman–Crippen MR) is 319 cm³/mol. The summed E-state index contributed by atoms with van der Waals surface area (Å²) in [6.07, 6.45) is 3.91. The normalized spacial score (nSPS) is 11.3. The number of hydrogen-bond donors (Lipinski definition) is 0. The van der Waals surface area contributed by atoms with Crippen molar-refractivity contribution in [1.29, 1.82) is 0 Å². The van der Waals surface area contributed by atoms with E-state index in [0.717, 1.165) is 0 Å². The van der Waals surface area contributed by atoms with E-state index in [1.807, 2.05) is 12.2 Å². The molecule has 0 saturated carbocycles. The van der Waals surface area contributed by atoms with Crippen LogP contribution in [0, 0.1) is 13.2 Å². The fourth-order valence-electron chi connectivity index (χ4n) is 10.5. The summed E-state index contributed by atoms with van der Waals surface area (Å²) in [6, 6.07) is 109. The first-order valence-electron chi connectivity index (χ1n) is 23.7. The summed E-state index contributed by atoms with van der Waals surface area (Å²) in [6.45, 7) is 13.7. The molecular formula is C66H54Cl4P2Ru2. The van der Waals surface area contributed by atoms with Crippen molar-refractivity contribution in [2.75, 3.05) is 0 Å². The summed E-state index contributed by atoms with van der Waals surface area (Å²) in [7, 11) is 14.6. The minimum atomic E-state index is -2.42. The van der Waals surface area contributed by atoms with Crippen molar-refractivity contribution in [2.24, 2.45) is 0 Å². The molecule has 74 heavy (non-hydrogen) atoms.